The fraction of sp³-hybridized carbons (Fsp3) is 0.500. The number of nitrogens with zero attached hydrogens (tertiary/aromatic N) is 1. The zero-order chi connectivity index (χ0) is 16.4. The van der Waals surface area contributed by atoms with Crippen molar-refractivity contribution in [2.45, 2.75) is 36.8 Å². The summed E-state index contributed by atoms with van der Waals surface area (Å²) in [6.45, 7) is 6.52. The molecule has 1 atom stereocenters. The van der Waals surface area contributed by atoms with E-state index in [9.17, 15) is 4.79 Å². The SMILES string of the molecule is CCOc1ccc(/C(CC)=N\NC(=O)C2(C)CC2(Br)Br)cc1. The van der Waals surface area contributed by atoms with Crippen molar-refractivity contribution in [2.24, 2.45) is 10.5 Å². The Bertz CT molecular complexity index is 584. The summed E-state index contributed by atoms with van der Waals surface area (Å²) >= 11 is 6.99. The van der Waals surface area contributed by atoms with Crippen molar-refractivity contribution in [3.05, 3.63) is 29.8 Å². The fourth-order valence-electron chi connectivity index (χ4n) is 2.15. The zero-order valence-electron chi connectivity index (χ0n) is 13.0. The van der Waals surface area contributed by atoms with Crippen molar-refractivity contribution in [1.29, 1.82) is 0 Å². The second-order valence-electron chi connectivity index (χ2n) is 5.52. The van der Waals surface area contributed by atoms with E-state index in [2.05, 4.69) is 42.4 Å². The van der Waals surface area contributed by atoms with Crippen molar-refractivity contribution in [2.75, 3.05) is 6.61 Å². The first-order chi connectivity index (χ1) is 10.3. The molecule has 1 amide bonds. The lowest BCUT2D eigenvalue weighted by atomic mass is 10.1. The van der Waals surface area contributed by atoms with E-state index in [4.69, 9.17) is 4.74 Å². The number of carbonyl (C=O) groups is 1. The van der Waals surface area contributed by atoms with Crippen LogP contribution in [0.2, 0.25) is 0 Å². The predicted molar refractivity (Wildman–Crippen MR) is 95.9 cm³/mol. The van der Waals surface area contributed by atoms with Crippen LogP contribution in [0.15, 0.2) is 29.4 Å². The van der Waals surface area contributed by atoms with Crippen molar-refractivity contribution >= 4 is 43.5 Å². The molecule has 6 heteroatoms. The molecule has 1 aliphatic carbocycles. The molecule has 22 heavy (non-hydrogen) atoms. The standard InChI is InChI=1S/C16H20Br2N2O2/c1-4-13(11-6-8-12(9-7-11)22-5-2)19-20-14(21)15(3)10-16(15,17)18/h6-9H,4-5,10H2,1-3H3,(H,20,21)/b19-13-. The molecular weight excluding hydrogens is 412 g/mol. The molecule has 1 aromatic carbocycles. The number of nitrogens with one attached hydrogen (secondary N) is 1. The highest BCUT2D eigenvalue weighted by Crippen LogP contribution is 2.66. The third-order valence-corrected chi connectivity index (χ3v) is 6.20. The van der Waals surface area contributed by atoms with E-state index in [0.717, 1.165) is 29.9 Å². The number of hydrogen-bond donors (Lipinski definition) is 1. The second kappa shape index (κ2) is 6.71. The second-order valence-corrected chi connectivity index (χ2v) is 9.30. The molecule has 0 aromatic heterocycles. The van der Waals surface area contributed by atoms with Crippen molar-refractivity contribution in [1.82, 2.24) is 5.43 Å². The van der Waals surface area contributed by atoms with E-state index in [1.165, 1.54) is 0 Å². The molecule has 1 aromatic rings. The Hall–Kier alpha value is -0.880. The van der Waals surface area contributed by atoms with Crippen molar-refractivity contribution in [3.63, 3.8) is 0 Å². The molecule has 1 N–H and O–H groups in total. The van der Waals surface area contributed by atoms with Crippen LogP contribution in [0.5, 0.6) is 5.75 Å². The maximum Gasteiger partial charge on any atom is 0.248 e. The third kappa shape index (κ3) is 3.54. The number of alkyl halides is 2. The van der Waals surface area contributed by atoms with Crippen LogP contribution in [0, 0.1) is 5.41 Å². The van der Waals surface area contributed by atoms with Crippen LogP contribution in [0.4, 0.5) is 0 Å². The minimum atomic E-state index is -0.464. The average molecular weight is 432 g/mol. The molecule has 0 radical (unpaired) electrons. The van der Waals surface area contributed by atoms with E-state index in [-0.39, 0.29) is 9.14 Å². The van der Waals surface area contributed by atoms with Gasteiger partial charge in [0.25, 0.3) is 0 Å². The Morgan fingerprint density at radius 3 is 2.36 bits per heavy atom. The molecule has 0 spiro atoms. The van der Waals surface area contributed by atoms with Crippen LogP contribution in [0.3, 0.4) is 0 Å². The summed E-state index contributed by atoms with van der Waals surface area (Å²) in [4.78, 5) is 12.2. The number of halogens is 2. The highest BCUT2D eigenvalue weighted by atomic mass is 79.9. The quantitative estimate of drug-likeness (QED) is 0.416. The molecule has 0 bridgehead atoms. The van der Waals surface area contributed by atoms with Gasteiger partial charge in [0, 0.05) is 0 Å². The first-order valence-electron chi connectivity index (χ1n) is 7.32. The maximum atomic E-state index is 12.2. The Morgan fingerprint density at radius 1 is 1.32 bits per heavy atom. The zero-order valence-corrected chi connectivity index (χ0v) is 16.1. The van der Waals surface area contributed by atoms with Gasteiger partial charge in [-0.05, 0) is 56.5 Å². The topological polar surface area (TPSA) is 50.7 Å². The molecule has 0 aliphatic heterocycles. The third-order valence-electron chi connectivity index (χ3n) is 3.88. The number of benzene rings is 1. The molecule has 1 unspecified atom stereocenters. The van der Waals surface area contributed by atoms with Gasteiger partial charge in [-0.2, -0.15) is 5.10 Å². The lowest BCUT2D eigenvalue weighted by molar-refractivity contribution is -0.125. The van der Waals surface area contributed by atoms with Gasteiger partial charge in [0.15, 0.2) is 0 Å². The largest absolute Gasteiger partial charge is 0.494 e. The van der Waals surface area contributed by atoms with Crippen LogP contribution in [-0.4, -0.2) is 21.5 Å². The summed E-state index contributed by atoms with van der Waals surface area (Å²) in [5.41, 5.74) is 4.05. The van der Waals surface area contributed by atoms with Crippen LogP contribution < -0.4 is 10.2 Å². The molecule has 120 valence electrons. The van der Waals surface area contributed by atoms with Gasteiger partial charge in [-0.25, -0.2) is 5.43 Å². The highest BCUT2D eigenvalue weighted by molar-refractivity contribution is 9.25. The summed E-state index contributed by atoms with van der Waals surface area (Å²) in [5.74, 6) is 0.748. The van der Waals surface area contributed by atoms with E-state index in [1.807, 2.05) is 45.0 Å². The molecule has 0 saturated heterocycles. The number of amides is 1. The van der Waals surface area contributed by atoms with Crippen LogP contribution >= 0.6 is 31.9 Å². The normalized spacial score (nSPS) is 23.0. The van der Waals surface area contributed by atoms with E-state index < -0.39 is 5.41 Å². The van der Waals surface area contributed by atoms with Gasteiger partial charge in [-0.15, -0.1) is 0 Å². The molecular formula is C16H20Br2N2O2. The Balaban J connectivity index is 2.06. The fourth-order valence-corrected chi connectivity index (χ4v) is 3.63. The average Bonchev–Trinajstić information content (AvgIpc) is 3.01. The monoisotopic (exact) mass is 430 g/mol. The van der Waals surface area contributed by atoms with Gasteiger partial charge in [0.2, 0.25) is 5.91 Å². The molecule has 4 nitrogen and oxygen atoms in total. The summed E-state index contributed by atoms with van der Waals surface area (Å²) in [7, 11) is 0. The molecule has 1 aliphatic rings. The molecule has 0 heterocycles. The van der Waals surface area contributed by atoms with E-state index in [0.29, 0.717) is 6.61 Å². The van der Waals surface area contributed by atoms with Crippen LogP contribution in [0.25, 0.3) is 0 Å². The summed E-state index contributed by atoms with van der Waals surface area (Å²) in [5, 5.41) is 4.29. The van der Waals surface area contributed by atoms with Gasteiger partial charge in [0.05, 0.1) is 21.0 Å². The Kier molecular flexibility index (Phi) is 5.33. The first-order valence-corrected chi connectivity index (χ1v) is 8.90. The van der Waals surface area contributed by atoms with E-state index >= 15 is 0 Å². The number of ether oxygens (including phenoxy) is 1. The predicted octanol–water partition coefficient (Wildman–Crippen LogP) is 4.21. The lowest BCUT2D eigenvalue weighted by Crippen LogP contribution is -2.30. The smallest absolute Gasteiger partial charge is 0.248 e. The lowest BCUT2D eigenvalue weighted by Gasteiger charge is -2.11. The Morgan fingerprint density at radius 2 is 1.91 bits per heavy atom. The van der Waals surface area contributed by atoms with E-state index in [1.54, 1.807) is 0 Å². The Labute approximate surface area is 148 Å². The van der Waals surface area contributed by atoms with Crippen molar-refractivity contribution in [3.8, 4) is 5.75 Å². The van der Waals surface area contributed by atoms with Crippen LogP contribution in [0.1, 0.15) is 39.2 Å². The van der Waals surface area contributed by atoms with Gasteiger partial charge in [-0.1, -0.05) is 38.8 Å². The molecule has 1 fully saturated rings. The van der Waals surface area contributed by atoms with Crippen LogP contribution in [-0.2, 0) is 4.79 Å². The molecule has 1 saturated carbocycles. The maximum absolute atomic E-state index is 12.2. The number of hydrazone groups is 1. The van der Waals surface area contributed by atoms with Gasteiger partial charge < -0.3 is 4.74 Å². The van der Waals surface area contributed by atoms with Crippen molar-refractivity contribution < 1.29 is 9.53 Å². The highest BCUT2D eigenvalue weighted by Gasteiger charge is 2.66. The summed E-state index contributed by atoms with van der Waals surface area (Å²) in [6.07, 6.45) is 1.48. The number of rotatable bonds is 6. The first kappa shape index (κ1) is 17.5. The molecule has 2 rings (SSSR count). The minimum Gasteiger partial charge on any atom is -0.494 e. The van der Waals surface area contributed by atoms with Gasteiger partial charge in [-0.3, -0.25) is 4.79 Å². The minimum absolute atomic E-state index is 0.0851. The van der Waals surface area contributed by atoms with Gasteiger partial charge >= 0.3 is 0 Å². The summed E-state index contributed by atoms with van der Waals surface area (Å²) in [6, 6.07) is 7.74. The number of carbonyl (C=O) groups excluding carboxylic acids is 1. The number of hydrogen-bond acceptors (Lipinski definition) is 3. The summed E-state index contributed by atoms with van der Waals surface area (Å²) < 4.78 is 5.12. The van der Waals surface area contributed by atoms with Gasteiger partial charge in [0.1, 0.15) is 5.75 Å².